The van der Waals surface area contributed by atoms with Crippen molar-refractivity contribution >= 4 is 5.91 Å². The minimum absolute atomic E-state index is 0.217. The predicted molar refractivity (Wildman–Crippen MR) is 122 cm³/mol. The molecule has 2 atom stereocenters. The van der Waals surface area contributed by atoms with Crippen LogP contribution in [0.4, 0.5) is 0 Å². The van der Waals surface area contributed by atoms with E-state index in [0.29, 0.717) is 37.4 Å². The molecule has 4 heterocycles. The van der Waals surface area contributed by atoms with Crippen molar-refractivity contribution in [1.29, 1.82) is 0 Å². The highest BCUT2D eigenvalue weighted by Crippen LogP contribution is 2.35. The summed E-state index contributed by atoms with van der Waals surface area (Å²) < 4.78 is 12.9. The van der Waals surface area contributed by atoms with Gasteiger partial charge in [-0.1, -0.05) is 6.07 Å². The van der Waals surface area contributed by atoms with Crippen LogP contribution in [0, 0.1) is 6.92 Å². The molecular formula is C25H28N4O4. The third kappa shape index (κ3) is 4.36. The zero-order valence-corrected chi connectivity index (χ0v) is 18.9. The second-order valence-electron chi connectivity index (χ2n) is 8.76. The first-order valence-electron chi connectivity index (χ1n) is 11.3. The lowest BCUT2D eigenvalue weighted by Crippen LogP contribution is -2.48. The zero-order valence-electron chi connectivity index (χ0n) is 18.9. The lowest BCUT2D eigenvalue weighted by Gasteiger charge is -2.28. The van der Waals surface area contributed by atoms with Gasteiger partial charge in [0.25, 0.3) is 5.91 Å². The van der Waals surface area contributed by atoms with Crippen LogP contribution in [0.15, 0.2) is 36.8 Å². The zero-order chi connectivity index (χ0) is 22.9. The van der Waals surface area contributed by atoms with Gasteiger partial charge in [-0.05, 0) is 48.6 Å². The number of benzene rings is 1. The van der Waals surface area contributed by atoms with Crippen LogP contribution in [0.25, 0.3) is 11.3 Å². The molecule has 0 bridgehead atoms. The second-order valence-corrected chi connectivity index (χ2v) is 8.76. The van der Waals surface area contributed by atoms with Gasteiger partial charge in [-0.25, -0.2) is 0 Å². The van der Waals surface area contributed by atoms with Crippen LogP contribution in [0.2, 0.25) is 0 Å². The van der Waals surface area contributed by atoms with Crippen molar-refractivity contribution in [2.75, 3.05) is 19.8 Å². The van der Waals surface area contributed by atoms with Crippen molar-refractivity contribution in [3.8, 4) is 17.0 Å². The topological polar surface area (TPSA) is 98.5 Å². The Kier molecular flexibility index (Phi) is 5.86. The molecule has 33 heavy (non-hydrogen) atoms. The van der Waals surface area contributed by atoms with E-state index in [0.717, 1.165) is 39.9 Å². The van der Waals surface area contributed by atoms with Crippen LogP contribution < -0.4 is 10.1 Å². The molecule has 0 saturated carbocycles. The molecule has 2 aliphatic heterocycles. The number of pyridine rings is 1. The van der Waals surface area contributed by atoms with Crippen LogP contribution in [0.5, 0.6) is 5.75 Å². The predicted octanol–water partition coefficient (Wildman–Crippen LogP) is 2.20. The van der Waals surface area contributed by atoms with E-state index in [1.165, 1.54) is 0 Å². The quantitative estimate of drug-likeness (QED) is 0.621. The van der Waals surface area contributed by atoms with Gasteiger partial charge in [0.15, 0.2) is 0 Å². The Labute approximate surface area is 192 Å². The summed E-state index contributed by atoms with van der Waals surface area (Å²) in [5, 5.41) is 17.4. The maximum atomic E-state index is 13.2. The Morgan fingerprint density at radius 2 is 2.18 bits per heavy atom. The lowest BCUT2D eigenvalue weighted by atomic mass is 9.92. The summed E-state index contributed by atoms with van der Waals surface area (Å²) in [7, 11) is 1.88. The summed E-state index contributed by atoms with van der Waals surface area (Å²) in [6, 6.07) is 5.67. The van der Waals surface area contributed by atoms with Gasteiger partial charge in [0.2, 0.25) is 0 Å². The summed E-state index contributed by atoms with van der Waals surface area (Å²) >= 11 is 0. The third-order valence-electron chi connectivity index (χ3n) is 6.48. The number of nitrogens with zero attached hydrogens (tertiary/aromatic N) is 3. The number of rotatable bonds is 5. The van der Waals surface area contributed by atoms with E-state index in [9.17, 15) is 9.90 Å². The monoisotopic (exact) mass is 448 g/mol. The minimum Gasteiger partial charge on any atom is -0.492 e. The SMILES string of the molecule is Cc1c(Cc2ccc(-c3cnn(C)c3)nc2)cc(C(=O)N[C@H]2CCOC[C@@H]2O)c2c1CCO2. The minimum atomic E-state index is -0.703. The fourth-order valence-electron chi connectivity index (χ4n) is 4.56. The van der Waals surface area contributed by atoms with E-state index in [1.54, 1.807) is 10.9 Å². The van der Waals surface area contributed by atoms with E-state index in [4.69, 9.17) is 9.47 Å². The first-order chi connectivity index (χ1) is 16.0. The number of aryl methyl sites for hydroxylation is 1. The van der Waals surface area contributed by atoms with Crippen molar-refractivity contribution in [2.45, 2.75) is 38.3 Å². The fourth-order valence-corrected chi connectivity index (χ4v) is 4.56. The van der Waals surface area contributed by atoms with Gasteiger partial charge in [-0.3, -0.25) is 14.5 Å². The summed E-state index contributed by atoms with van der Waals surface area (Å²) in [6.07, 6.45) is 6.95. The molecule has 5 rings (SSSR count). The highest BCUT2D eigenvalue weighted by atomic mass is 16.5. The number of ether oxygens (including phenoxy) is 2. The van der Waals surface area contributed by atoms with E-state index < -0.39 is 6.10 Å². The molecule has 1 saturated heterocycles. The van der Waals surface area contributed by atoms with Crippen LogP contribution >= 0.6 is 0 Å². The number of carbonyl (C=O) groups excluding carboxylic acids is 1. The highest BCUT2D eigenvalue weighted by Gasteiger charge is 2.29. The molecule has 0 aliphatic carbocycles. The second kappa shape index (κ2) is 8.96. The van der Waals surface area contributed by atoms with Gasteiger partial charge in [0.05, 0.1) is 42.8 Å². The maximum absolute atomic E-state index is 13.2. The van der Waals surface area contributed by atoms with Crippen molar-refractivity contribution in [3.05, 3.63) is 64.6 Å². The van der Waals surface area contributed by atoms with E-state index in [-0.39, 0.29) is 18.6 Å². The van der Waals surface area contributed by atoms with Crippen molar-refractivity contribution in [3.63, 3.8) is 0 Å². The number of nitrogens with one attached hydrogen (secondary N) is 1. The smallest absolute Gasteiger partial charge is 0.255 e. The average molecular weight is 449 g/mol. The molecular weight excluding hydrogens is 420 g/mol. The number of hydrogen-bond acceptors (Lipinski definition) is 6. The largest absolute Gasteiger partial charge is 0.492 e. The number of aliphatic hydroxyl groups excluding tert-OH is 1. The van der Waals surface area contributed by atoms with E-state index in [1.807, 2.05) is 31.6 Å². The summed E-state index contributed by atoms with van der Waals surface area (Å²) in [4.78, 5) is 17.8. The first kappa shape index (κ1) is 21.6. The molecule has 8 heteroatoms. The molecule has 8 nitrogen and oxygen atoms in total. The number of aromatic nitrogens is 3. The fraction of sp³-hybridized carbons (Fsp3) is 0.400. The van der Waals surface area contributed by atoms with Gasteiger partial charge < -0.3 is 19.9 Å². The molecule has 2 N–H and O–H groups in total. The number of hydrogen-bond donors (Lipinski definition) is 2. The Morgan fingerprint density at radius 3 is 2.91 bits per heavy atom. The molecule has 1 aromatic carbocycles. The van der Waals surface area contributed by atoms with Crippen LogP contribution in [-0.4, -0.2) is 57.7 Å². The summed E-state index contributed by atoms with van der Waals surface area (Å²) in [5.74, 6) is 0.450. The van der Waals surface area contributed by atoms with Crippen molar-refractivity contribution < 1.29 is 19.4 Å². The van der Waals surface area contributed by atoms with Crippen molar-refractivity contribution in [1.82, 2.24) is 20.1 Å². The molecule has 1 amide bonds. The van der Waals surface area contributed by atoms with Gasteiger partial charge in [-0.2, -0.15) is 5.10 Å². The molecule has 0 unspecified atom stereocenters. The van der Waals surface area contributed by atoms with Crippen LogP contribution in [-0.2, 0) is 24.6 Å². The third-order valence-corrected chi connectivity index (χ3v) is 6.48. The van der Waals surface area contributed by atoms with E-state index >= 15 is 0 Å². The van der Waals surface area contributed by atoms with Crippen LogP contribution in [0.3, 0.4) is 0 Å². The molecule has 2 aliphatic rings. The van der Waals surface area contributed by atoms with E-state index in [2.05, 4.69) is 28.4 Å². The molecule has 2 aromatic heterocycles. The van der Waals surface area contributed by atoms with Crippen molar-refractivity contribution in [2.24, 2.45) is 7.05 Å². The van der Waals surface area contributed by atoms with Gasteiger partial charge >= 0.3 is 0 Å². The molecule has 0 spiro atoms. The Bertz CT molecular complexity index is 1170. The van der Waals surface area contributed by atoms with Gasteiger partial charge in [0.1, 0.15) is 5.75 Å². The Hall–Kier alpha value is -3.23. The molecule has 3 aromatic rings. The summed E-state index contributed by atoms with van der Waals surface area (Å²) in [6.45, 7) is 3.42. The molecule has 172 valence electrons. The highest BCUT2D eigenvalue weighted by molar-refractivity contribution is 5.98. The Morgan fingerprint density at radius 1 is 1.30 bits per heavy atom. The average Bonchev–Trinajstić information content (AvgIpc) is 3.47. The molecule has 0 radical (unpaired) electrons. The number of fused-ring (bicyclic) bond motifs is 1. The molecule has 1 fully saturated rings. The van der Waals surface area contributed by atoms with Crippen LogP contribution in [0.1, 0.15) is 39.0 Å². The number of carbonyl (C=O) groups is 1. The number of amides is 1. The first-order valence-corrected chi connectivity index (χ1v) is 11.3. The van der Waals surface area contributed by atoms with Gasteiger partial charge in [-0.15, -0.1) is 0 Å². The Balaban J connectivity index is 1.40. The normalized spacial score (nSPS) is 19.7. The maximum Gasteiger partial charge on any atom is 0.255 e. The van der Waals surface area contributed by atoms with Gasteiger partial charge in [0, 0.05) is 43.6 Å². The number of aliphatic hydroxyl groups is 1. The summed E-state index contributed by atoms with van der Waals surface area (Å²) in [5.41, 5.74) is 6.77. The lowest BCUT2D eigenvalue weighted by molar-refractivity contribution is -0.0261. The standard InChI is InChI=1S/C25H28N4O4/c1-15-17(9-16-3-4-21(26-11-16)18-12-27-29(2)13-18)10-20(24-19(15)5-8-33-24)25(31)28-22-6-7-32-14-23(22)30/h3-4,10-13,22-23,30H,5-9,14H2,1-2H3,(H,28,31)/t22-,23-/m0/s1.